The van der Waals surface area contributed by atoms with Crippen molar-refractivity contribution >= 4 is 11.9 Å². The van der Waals surface area contributed by atoms with Gasteiger partial charge >= 0.3 is 5.97 Å². The Bertz CT molecular complexity index is 452. The number of nitrogens with one attached hydrogen (secondary N) is 1. The van der Waals surface area contributed by atoms with Crippen molar-refractivity contribution in [3.8, 4) is 0 Å². The van der Waals surface area contributed by atoms with E-state index in [1.807, 2.05) is 0 Å². The summed E-state index contributed by atoms with van der Waals surface area (Å²) in [5.41, 5.74) is 0.298. The molecule has 1 amide bonds. The summed E-state index contributed by atoms with van der Waals surface area (Å²) in [5.74, 6) is -0.820. The minimum absolute atomic E-state index is 0.0691. The number of aromatic carboxylic acids is 1. The van der Waals surface area contributed by atoms with Crippen molar-refractivity contribution in [1.29, 1.82) is 0 Å². The minimum Gasteiger partial charge on any atom is -0.478 e. The van der Waals surface area contributed by atoms with Crippen LogP contribution < -0.4 is 5.32 Å². The number of rotatable bonds is 5. The van der Waals surface area contributed by atoms with E-state index < -0.39 is 5.97 Å². The second-order valence-corrected chi connectivity index (χ2v) is 4.51. The van der Waals surface area contributed by atoms with Gasteiger partial charge in [-0.1, -0.05) is 0 Å². The Labute approximate surface area is 110 Å². The molecule has 102 valence electrons. The summed E-state index contributed by atoms with van der Waals surface area (Å²) < 4.78 is 5.25. The van der Waals surface area contributed by atoms with Gasteiger partial charge in [-0.25, -0.2) is 4.79 Å². The van der Waals surface area contributed by atoms with Crippen LogP contribution >= 0.6 is 0 Å². The van der Waals surface area contributed by atoms with Crippen LogP contribution in [-0.4, -0.2) is 41.7 Å². The molecular formula is C13H16N2O4. The highest BCUT2D eigenvalue weighted by atomic mass is 16.5. The average molecular weight is 264 g/mol. The van der Waals surface area contributed by atoms with Crippen LogP contribution in [0.15, 0.2) is 18.3 Å². The third-order valence-electron chi connectivity index (χ3n) is 3.11. The Kier molecular flexibility index (Phi) is 4.46. The second kappa shape index (κ2) is 6.29. The van der Waals surface area contributed by atoms with Gasteiger partial charge in [0.2, 0.25) is 0 Å². The Hall–Kier alpha value is -1.95. The number of carboxylic acids is 1. The molecule has 1 saturated heterocycles. The van der Waals surface area contributed by atoms with Crippen molar-refractivity contribution in [1.82, 2.24) is 10.3 Å². The molecule has 0 bridgehead atoms. The summed E-state index contributed by atoms with van der Waals surface area (Å²) in [6, 6.07) is 2.78. The predicted molar refractivity (Wildman–Crippen MR) is 67.1 cm³/mol. The number of carboxylic acid groups (broad SMARTS) is 1. The number of hydrogen-bond donors (Lipinski definition) is 2. The van der Waals surface area contributed by atoms with Gasteiger partial charge in [-0.3, -0.25) is 9.78 Å². The standard InChI is InChI=1S/C13H16N2O4/c16-12(14-5-3-9-4-6-19-8-9)11-2-1-10(7-15-11)13(17)18/h1-2,7,9H,3-6,8H2,(H,14,16)(H,17,18). The first kappa shape index (κ1) is 13.5. The molecule has 0 aromatic carbocycles. The normalized spacial score (nSPS) is 18.2. The molecule has 1 aliphatic heterocycles. The Morgan fingerprint density at radius 1 is 1.47 bits per heavy atom. The van der Waals surface area contributed by atoms with Gasteiger partial charge in [-0.05, 0) is 30.9 Å². The highest BCUT2D eigenvalue weighted by molar-refractivity contribution is 5.93. The molecule has 1 atom stereocenters. The lowest BCUT2D eigenvalue weighted by Crippen LogP contribution is -2.26. The van der Waals surface area contributed by atoms with Gasteiger partial charge in [0, 0.05) is 26.0 Å². The molecule has 6 heteroatoms. The lowest BCUT2D eigenvalue weighted by molar-refractivity contribution is 0.0695. The van der Waals surface area contributed by atoms with Crippen molar-refractivity contribution in [2.75, 3.05) is 19.8 Å². The van der Waals surface area contributed by atoms with Gasteiger partial charge in [-0.15, -0.1) is 0 Å². The molecule has 2 heterocycles. The Morgan fingerprint density at radius 2 is 2.32 bits per heavy atom. The zero-order valence-corrected chi connectivity index (χ0v) is 10.5. The number of hydrogen-bond acceptors (Lipinski definition) is 4. The van der Waals surface area contributed by atoms with Crippen LogP contribution in [0.5, 0.6) is 0 Å². The molecule has 0 radical (unpaired) electrons. The van der Waals surface area contributed by atoms with Gasteiger partial charge in [0.15, 0.2) is 0 Å². The molecule has 1 aliphatic rings. The van der Waals surface area contributed by atoms with Gasteiger partial charge in [0.05, 0.1) is 5.56 Å². The summed E-state index contributed by atoms with van der Waals surface area (Å²) in [4.78, 5) is 26.2. The number of carbonyl (C=O) groups excluding carboxylic acids is 1. The Balaban J connectivity index is 1.80. The van der Waals surface area contributed by atoms with Crippen molar-refractivity contribution in [2.24, 2.45) is 5.92 Å². The molecule has 0 spiro atoms. The summed E-state index contributed by atoms with van der Waals surface area (Å²) in [7, 11) is 0. The van der Waals surface area contributed by atoms with E-state index in [9.17, 15) is 9.59 Å². The van der Waals surface area contributed by atoms with E-state index in [1.54, 1.807) is 0 Å². The van der Waals surface area contributed by atoms with Crippen molar-refractivity contribution in [2.45, 2.75) is 12.8 Å². The smallest absolute Gasteiger partial charge is 0.337 e. The van der Waals surface area contributed by atoms with Crippen LogP contribution in [0.2, 0.25) is 0 Å². The van der Waals surface area contributed by atoms with Crippen LogP contribution in [0.3, 0.4) is 0 Å². The molecular weight excluding hydrogens is 248 g/mol. The maximum Gasteiger partial charge on any atom is 0.337 e. The van der Waals surface area contributed by atoms with E-state index in [1.165, 1.54) is 18.3 Å². The summed E-state index contributed by atoms with van der Waals surface area (Å²) >= 11 is 0. The fraction of sp³-hybridized carbons (Fsp3) is 0.462. The van der Waals surface area contributed by atoms with E-state index in [0.717, 1.165) is 26.1 Å². The first-order valence-corrected chi connectivity index (χ1v) is 6.22. The van der Waals surface area contributed by atoms with Crippen LogP contribution in [0.25, 0.3) is 0 Å². The number of ether oxygens (including phenoxy) is 1. The van der Waals surface area contributed by atoms with Crippen LogP contribution in [0.4, 0.5) is 0 Å². The van der Waals surface area contributed by atoms with Gasteiger partial charge in [0.25, 0.3) is 5.91 Å². The van der Waals surface area contributed by atoms with Crippen molar-refractivity contribution < 1.29 is 19.4 Å². The number of carbonyl (C=O) groups is 2. The van der Waals surface area contributed by atoms with E-state index >= 15 is 0 Å². The zero-order valence-electron chi connectivity index (χ0n) is 10.5. The number of nitrogens with zero attached hydrogens (tertiary/aromatic N) is 1. The van der Waals surface area contributed by atoms with Gasteiger partial charge in [0.1, 0.15) is 5.69 Å². The third-order valence-corrected chi connectivity index (χ3v) is 3.11. The van der Waals surface area contributed by atoms with E-state index in [2.05, 4.69) is 10.3 Å². The van der Waals surface area contributed by atoms with E-state index in [0.29, 0.717) is 12.5 Å². The summed E-state index contributed by atoms with van der Waals surface area (Å²) in [6.45, 7) is 2.15. The highest BCUT2D eigenvalue weighted by Gasteiger charge is 2.16. The highest BCUT2D eigenvalue weighted by Crippen LogP contribution is 2.15. The molecule has 2 rings (SSSR count). The second-order valence-electron chi connectivity index (χ2n) is 4.51. The molecule has 1 aromatic heterocycles. The number of pyridine rings is 1. The summed E-state index contributed by atoms with van der Waals surface area (Å²) in [5, 5.41) is 11.5. The molecule has 0 aliphatic carbocycles. The fourth-order valence-electron chi connectivity index (χ4n) is 1.95. The van der Waals surface area contributed by atoms with E-state index in [-0.39, 0.29) is 17.2 Å². The fourth-order valence-corrected chi connectivity index (χ4v) is 1.95. The third kappa shape index (κ3) is 3.75. The monoisotopic (exact) mass is 264 g/mol. The molecule has 19 heavy (non-hydrogen) atoms. The average Bonchev–Trinajstić information content (AvgIpc) is 2.92. The quantitative estimate of drug-likeness (QED) is 0.826. The lowest BCUT2D eigenvalue weighted by atomic mass is 10.1. The topological polar surface area (TPSA) is 88.5 Å². The van der Waals surface area contributed by atoms with Gasteiger partial charge < -0.3 is 15.2 Å². The maximum absolute atomic E-state index is 11.7. The molecule has 6 nitrogen and oxygen atoms in total. The lowest BCUT2D eigenvalue weighted by Gasteiger charge is -2.08. The Morgan fingerprint density at radius 3 is 2.89 bits per heavy atom. The van der Waals surface area contributed by atoms with Crippen molar-refractivity contribution in [3.63, 3.8) is 0 Å². The van der Waals surface area contributed by atoms with Crippen LogP contribution in [0.1, 0.15) is 33.7 Å². The maximum atomic E-state index is 11.7. The SMILES string of the molecule is O=C(O)c1ccc(C(=O)NCCC2CCOC2)nc1. The molecule has 1 unspecified atom stereocenters. The van der Waals surface area contributed by atoms with Gasteiger partial charge in [-0.2, -0.15) is 0 Å². The molecule has 1 fully saturated rings. The van der Waals surface area contributed by atoms with Crippen molar-refractivity contribution in [3.05, 3.63) is 29.6 Å². The van der Waals surface area contributed by atoms with Crippen LogP contribution in [0, 0.1) is 5.92 Å². The predicted octanol–water partition coefficient (Wildman–Crippen LogP) is 0.936. The number of aromatic nitrogens is 1. The molecule has 1 aromatic rings. The summed E-state index contributed by atoms with van der Waals surface area (Å²) in [6.07, 6.45) is 3.11. The molecule has 2 N–H and O–H groups in total. The zero-order chi connectivity index (χ0) is 13.7. The largest absolute Gasteiger partial charge is 0.478 e. The van der Waals surface area contributed by atoms with E-state index in [4.69, 9.17) is 9.84 Å². The van der Waals surface area contributed by atoms with Crippen LogP contribution in [-0.2, 0) is 4.74 Å². The first-order valence-electron chi connectivity index (χ1n) is 6.22. The first-order chi connectivity index (χ1) is 9.16. The number of amides is 1. The molecule has 0 saturated carbocycles. The minimum atomic E-state index is -1.05.